The van der Waals surface area contributed by atoms with Crippen molar-refractivity contribution >= 4 is 18.0 Å². The van der Waals surface area contributed by atoms with E-state index in [4.69, 9.17) is 34.6 Å². The normalized spacial score (nSPS) is 12.2. The topological polar surface area (TPSA) is 263 Å². The Hall–Kier alpha value is -6.99. The fraction of sp³-hybridized carbons (Fsp3) is 0.325. The fourth-order valence-corrected chi connectivity index (χ4v) is 5.94. The minimum Gasteiger partial charge on any atom is -0.453 e. The molecule has 0 bridgehead atoms. The van der Waals surface area contributed by atoms with Crippen molar-refractivity contribution in [1.82, 2.24) is 14.7 Å². The smallest absolute Gasteiger partial charge is 0.453 e. The Bertz CT molecular complexity index is 2360. The van der Waals surface area contributed by atoms with Crippen LogP contribution in [0.3, 0.4) is 0 Å². The summed E-state index contributed by atoms with van der Waals surface area (Å²) in [5, 5.41) is 25.8. The van der Waals surface area contributed by atoms with Gasteiger partial charge >= 0.3 is 17.9 Å². The average Bonchev–Trinajstić information content (AvgIpc) is 3.73. The predicted molar refractivity (Wildman–Crippen MR) is 209 cm³/mol. The molecule has 1 atom stereocenters. The number of nitrogens with two attached hydrogens (primary N) is 2. The summed E-state index contributed by atoms with van der Waals surface area (Å²) < 4.78 is 27.6. The van der Waals surface area contributed by atoms with Crippen LogP contribution in [-0.4, -0.2) is 49.1 Å². The van der Waals surface area contributed by atoms with Crippen molar-refractivity contribution in [2.45, 2.75) is 85.7 Å². The number of hydrazine groups is 1. The van der Waals surface area contributed by atoms with Crippen molar-refractivity contribution in [2.75, 3.05) is 0 Å². The molecule has 5 rings (SSSR count). The maximum Gasteiger partial charge on any atom is 0.519 e. The average molecular weight is 816 g/mol. The summed E-state index contributed by atoms with van der Waals surface area (Å²) in [4.78, 5) is 57.4. The van der Waals surface area contributed by atoms with Crippen LogP contribution >= 0.6 is 0 Å². The quantitative estimate of drug-likeness (QED) is 0.0195. The third-order valence-electron chi connectivity index (χ3n) is 8.92. The molecule has 0 saturated heterocycles. The molecule has 0 aliphatic carbocycles. The van der Waals surface area contributed by atoms with Crippen molar-refractivity contribution in [1.29, 1.82) is 0 Å². The van der Waals surface area contributed by atoms with Crippen molar-refractivity contribution in [3.8, 4) is 11.1 Å². The molecule has 0 amide bonds. The largest absolute Gasteiger partial charge is 0.519 e. The summed E-state index contributed by atoms with van der Waals surface area (Å²) >= 11 is 0. The van der Waals surface area contributed by atoms with E-state index in [0.717, 1.165) is 16.2 Å². The highest BCUT2D eigenvalue weighted by Gasteiger charge is 2.33. The Kier molecular flexibility index (Phi) is 13.9. The number of rotatable bonds is 18. The van der Waals surface area contributed by atoms with Gasteiger partial charge in [0.25, 0.3) is 5.09 Å². The standard InChI is InChI=1S/C40H45N7O12/c1-6-11-33-43-35(40(4,5)51)34(37(48)54-23-32-24(2)57-39(50)59-32)45(33)20-26-16-18-27(19-17-26)30-14-9-10-15-31(30)36(41)44-46(42)25(3)58-38(49)55-21-28-12-7-8-13-29(28)22-56-47(52)53/h7-10,12-19,25,51H,6,11,20-23,42H2,1-5H3,(H2,41,44). The van der Waals surface area contributed by atoms with E-state index < -0.39 is 34.9 Å². The summed E-state index contributed by atoms with van der Waals surface area (Å²) in [6.45, 7) is 7.30. The van der Waals surface area contributed by atoms with Crippen molar-refractivity contribution in [2.24, 2.45) is 16.7 Å². The van der Waals surface area contributed by atoms with Crippen LogP contribution in [0, 0.1) is 17.0 Å². The van der Waals surface area contributed by atoms with E-state index in [0.29, 0.717) is 40.9 Å². The number of hydrazone groups is 1. The predicted octanol–water partition coefficient (Wildman–Crippen LogP) is 5.19. The second-order valence-electron chi connectivity index (χ2n) is 13.8. The third-order valence-corrected chi connectivity index (χ3v) is 8.92. The maximum absolute atomic E-state index is 13.6. The van der Waals surface area contributed by atoms with Gasteiger partial charge in [0.15, 0.2) is 29.7 Å². The van der Waals surface area contributed by atoms with Gasteiger partial charge in [-0.05, 0) is 61.9 Å². The van der Waals surface area contributed by atoms with E-state index >= 15 is 0 Å². The second kappa shape index (κ2) is 19.0. The summed E-state index contributed by atoms with van der Waals surface area (Å²) in [6, 6.07) is 21.3. The molecule has 2 aromatic heterocycles. The Balaban J connectivity index is 1.30. The van der Waals surface area contributed by atoms with Crippen LogP contribution < -0.4 is 17.4 Å². The number of hydrogen-bond donors (Lipinski definition) is 3. The number of carbonyl (C=O) groups is 2. The van der Waals surface area contributed by atoms with Gasteiger partial charge in [-0.15, -0.1) is 15.2 Å². The van der Waals surface area contributed by atoms with Crippen LogP contribution in [0.1, 0.15) is 89.9 Å². The van der Waals surface area contributed by atoms with Gasteiger partial charge in [0.1, 0.15) is 30.3 Å². The van der Waals surface area contributed by atoms with Crippen molar-refractivity contribution < 1.29 is 47.7 Å². The number of benzene rings is 3. The minimum absolute atomic E-state index is 0.0190. The lowest BCUT2D eigenvalue weighted by molar-refractivity contribution is -0.763. The van der Waals surface area contributed by atoms with Gasteiger partial charge in [-0.1, -0.05) is 79.7 Å². The van der Waals surface area contributed by atoms with Gasteiger partial charge in [0.05, 0.1) is 0 Å². The number of amidine groups is 1. The van der Waals surface area contributed by atoms with E-state index in [9.17, 15) is 29.6 Å². The third kappa shape index (κ3) is 11.1. The fourth-order valence-electron chi connectivity index (χ4n) is 5.94. The van der Waals surface area contributed by atoms with Gasteiger partial charge < -0.3 is 43.3 Å². The zero-order valence-corrected chi connectivity index (χ0v) is 33.1. The number of nitrogens with zero attached hydrogens (tertiary/aromatic N) is 5. The van der Waals surface area contributed by atoms with Crippen LogP contribution in [0.15, 0.2) is 91.5 Å². The molecule has 59 heavy (non-hydrogen) atoms. The molecule has 0 fully saturated rings. The van der Waals surface area contributed by atoms with E-state index in [1.165, 1.54) is 27.7 Å². The molecule has 2 heterocycles. The molecule has 0 aliphatic heterocycles. The van der Waals surface area contributed by atoms with Crippen LogP contribution in [0.4, 0.5) is 4.79 Å². The molecule has 312 valence electrons. The molecule has 1 unspecified atom stereocenters. The second-order valence-corrected chi connectivity index (χ2v) is 13.8. The zero-order valence-electron chi connectivity index (χ0n) is 33.1. The first-order valence-electron chi connectivity index (χ1n) is 18.4. The monoisotopic (exact) mass is 815 g/mol. The SMILES string of the molecule is CCCc1nc(C(C)(C)O)c(C(=O)OCc2oc(=O)oc2C)n1Cc1ccc(-c2ccccc2/C(N)=N/N(N)C(C)OC(=O)OCc2ccccc2CO[N+](=O)[O-])cc1. The molecule has 19 nitrogen and oxygen atoms in total. The van der Waals surface area contributed by atoms with Crippen LogP contribution in [0.5, 0.6) is 0 Å². The van der Waals surface area contributed by atoms with Gasteiger partial charge in [0, 0.05) is 18.5 Å². The van der Waals surface area contributed by atoms with E-state index in [2.05, 4.69) is 14.9 Å². The van der Waals surface area contributed by atoms with Crippen LogP contribution in [0.25, 0.3) is 11.1 Å². The Morgan fingerprint density at radius 3 is 2.31 bits per heavy atom. The van der Waals surface area contributed by atoms with Crippen LogP contribution in [-0.2, 0) is 57.4 Å². The van der Waals surface area contributed by atoms with E-state index in [1.807, 2.05) is 43.3 Å². The molecule has 3 aromatic carbocycles. The number of imidazole rings is 1. The highest BCUT2D eigenvalue weighted by molar-refractivity contribution is 6.03. The maximum atomic E-state index is 13.6. The molecule has 0 aliphatic rings. The highest BCUT2D eigenvalue weighted by Crippen LogP contribution is 2.29. The Morgan fingerprint density at radius 2 is 1.68 bits per heavy atom. The first-order valence-corrected chi connectivity index (χ1v) is 18.4. The van der Waals surface area contributed by atoms with Crippen molar-refractivity contribution in [3.05, 3.63) is 145 Å². The van der Waals surface area contributed by atoms with E-state index in [1.54, 1.807) is 41.0 Å². The molecule has 19 heteroatoms. The Morgan fingerprint density at radius 1 is 1.02 bits per heavy atom. The number of aromatic nitrogens is 2. The lowest BCUT2D eigenvalue weighted by Gasteiger charge is -2.21. The van der Waals surface area contributed by atoms with Gasteiger partial charge in [-0.2, -0.15) is 5.12 Å². The molecule has 0 spiro atoms. The molecule has 0 radical (unpaired) electrons. The van der Waals surface area contributed by atoms with Gasteiger partial charge in [0.2, 0.25) is 6.23 Å². The minimum atomic E-state index is -1.49. The zero-order chi connectivity index (χ0) is 42.9. The van der Waals surface area contributed by atoms with Crippen LogP contribution in [0.2, 0.25) is 0 Å². The summed E-state index contributed by atoms with van der Waals surface area (Å²) in [6.07, 6.45) is -0.956. The summed E-state index contributed by atoms with van der Waals surface area (Å²) in [5.74, 6) is 5.28. The lowest BCUT2D eigenvalue weighted by atomic mass is 9.98. The Labute approximate surface area is 337 Å². The number of carbonyl (C=O) groups excluding carboxylic acids is 2. The first-order chi connectivity index (χ1) is 28.0. The molecular weight excluding hydrogens is 770 g/mol. The van der Waals surface area contributed by atoms with E-state index in [-0.39, 0.29) is 55.1 Å². The molecule has 5 aromatic rings. The summed E-state index contributed by atoms with van der Waals surface area (Å²) in [5.41, 5.74) is 8.90. The van der Waals surface area contributed by atoms with Crippen molar-refractivity contribution in [3.63, 3.8) is 0 Å². The highest BCUT2D eigenvalue weighted by atomic mass is 16.9. The first kappa shape index (κ1) is 43.1. The molecule has 5 N–H and O–H groups in total. The summed E-state index contributed by atoms with van der Waals surface area (Å²) in [7, 11) is 0. The van der Waals surface area contributed by atoms with Gasteiger partial charge in [-0.25, -0.2) is 25.2 Å². The number of aliphatic hydroxyl groups is 1. The number of hydrogen-bond acceptors (Lipinski definition) is 16. The molecular formula is C40H45N7O12. The lowest BCUT2D eigenvalue weighted by Crippen LogP contribution is -2.40. The number of aryl methyl sites for hydroxylation is 2. The number of esters is 1. The molecule has 0 saturated carbocycles. The number of ether oxygens (including phenoxy) is 3. The van der Waals surface area contributed by atoms with Gasteiger partial charge in [-0.3, -0.25) is 0 Å².